The molecule has 0 radical (unpaired) electrons. The summed E-state index contributed by atoms with van der Waals surface area (Å²) in [5.74, 6) is 0.268. The second-order valence-electron chi connectivity index (χ2n) is 12.4. The van der Waals surface area contributed by atoms with E-state index < -0.39 is 5.60 Å². The van der Waals surface area contributed by atoms with Crippen LogP contribution >= 0.6 is 0 Å². The maximum absolute atomic E-state index is 13.5. The number of aryl methyl sites for hydroxylation is 1. The van der Waals surface area contributed by atoms with Crippen molar-refractivity contribution in [2.75, 3.05) is 26.2 Å². The standard InChI is InChI=1S/C35H45N7O4/c1-4-29(43)37-18-8-17-36-22-26-11-13-28(14-12-26)33-31-32(39-40(33)3)34(45)42(24-38-31)23-35(46)15-19-41(20-16-35)30(44)21-25(2)27-9-6-5-7-10-27/h5-7,9-14,24-25,36,46H,4,8,15-23H2,1-3H3,(H,37,43). The molecule has 1 atom stereocenters. The van der Waals surface area contributed by atoms with E-state index in [1.54, 1.807) is 11.7 Å². The number of nitrogens with zero attached hydrogens (tertiary/aromatic N) is 5. The molecule has 0 spiro atoms. The lowest BCUT2D eigenvalue weighted by atomic mass is 9.90. The van der Waals surface area contributed by atoms with Crippen molar-refractivity contribution < 1.29 is 14.7 Å². The largest absolute Gasteiger partial charge is 0.388 e. The maximum Gasteiger partial charge on any atom is 0.281 e. The predicted molar refractivity (Wildman–Crippen MR) is 178 cm³/mol. The zero-order valence-corrected chi connectivity index (χ0v) is 27.0. The number of amides is 2. The third-order valence-electron chi connectivity index (χ3n) is 8.90. The van der Waals surface area contributed by atoms with Crippen molar-refractivity contribution in [2.24, 2.45) is 7.05 Å². The number of carbonyl (C=O) groups is 2. The van der Waals surface area contributed by atoms with Gasteiger partial charge in [-0.25, -0.2) is 4.98 Å². The lowest BCUT2D eigenvalue weighted by Crippen LogP contribution is -2.49. The Hall–Kier alpha value is -4.35. The van der Waals surface area contributed by atoms with Crippen LogP contribution in [-0.4, -0.2) is 72.9 Å². The van der Waals surface area contributed by atoms with Crippen molar-refractivity contribution in [3.05, 3.63) is 82.4 Å². The van der Waals surface area contributed by atoms with E-state index in [0.29, 0.717) is 57.4 Å². The summed E-state index contributed by atoms with van der Waals surface area (Å²) in [6.07, 6.45) is 4.04. The third-order valence-corrected chi connectivity index (χ3v) is 8.90. The molecule has 4 aromatic rings. The second-order valence-corrected chi connectivity index (χ2v) is 12.4. The summed E-state index contributed by atoms with van der Waals surface area (Å²) >= 11 is 0. The van der Waals surface area contributed by atoms with E-state index in [1.165, 1.54) is 10.9 Å². The van der Waals surface area contributed by atoms with Gasteiger partial charge in [-0.1, -0.05) is 68.4 Å². The van der Waals surface area contributed by atoms with E-state index in [0.717, 1.165) is 35.3 Å². The molecule has 5 rings (SSSR count). The Kier molecular flexibility index (Phi) is 10.6. The molecule has 2 aromatic heterocycles. The molecule has 3 N–H and O–H groups in total. The number of likely N-dealkylation sites (tertiary alicyclic amines) is 1. The highest BCUT2D eigenvalue weighted by atomic mass is 16.3. The second kappa shape index (κ2) is 14.8. The molecule has 1 aliphatic heterocycles. The molecular weight excluding hydrogens is 582 g/mol. The summed E-state index contributed by atoms with van der Waals surface area (Å²) < 4.78 is 3.12. The van der Waals surface area contributed by atoms with Crippen LogP contribution in [0.3, 0.4) is 0 Å². The Labute approximate surface area is 269 Å². The van der Waals surface area contributed by atoms with Gasteiger partial charge >= 0.3 is 0 Å². The molecule has 1 aliphatic rings. The molecule has 11 nitrogen and oxygen atoms in total. The van der Waals surface area contributed by atoms with Gasteiger partial charge in [0.15, 0.2) is 5.52 Å². The lowest BCUT2D eigenvalue weighted by molar-refractivity contribution is -0.136. The number of aliphatic hydroxyl groups is 1. The van der Waals surface area contributed by atoms with Crippen LogP contribution in [0.1, 0.15) is 63.0 Å². The highest BCUT2D eigenvalue weighted by Gasteiger charge is 2.35. The van der Waals surface area contributed by atoms with E-state index in [2.05, 4.69) is 27.6 Å². The highest BCUT2D eigenvalue weighted by molar-refractivity contribution is 5.89. The number of rotatable bonds is 13. The predicted octanol–water partition coefficient (Wildman–Crippen LogP) is 3.35. The van der Waals surface area contributed by atoms with Crippen LogP contribution in [0.5, 0.6) is 0 Å². The Balaban J connectivity index is 1.18. The van der Waals surface area contributed by atoms with Gasteiger partial charge in [-0.05, 0) is 42.9 Å². The fourth-order valence-electron chi connectivity index (χ4n) is 6.05. The van der Waals surface area contributed by atoms with E-state index in [4.69, 9.17) is 0 Å². The summed E-state index contributed by atoms with van der Waals surface area (Å²) in [4.78, 5) is 44.3. The average Bonchev–Trinajstić information content (AvgIpc) is 3.41. The van der Waals surface area contributed by atoms with Crippen molar-refractivity contribution in [2.45, 2.75) is 70.6 Å². The van der Waals surface area contributed by atoms with Crippen LogP contribution in [0.15, 0.2) is 65.7 Å². The average molecular weight is 628 g/mol. The van der Waals surface area contributed by atoms with Gasteiger partial charge in [0.05, 0.1) is 24.2 Å². The monoisotopic (exact) mass is 627 g/mol. The fourth-order valence-corrected chi connectivity index (χ4v) is 6.05. The van der Waals surface area contributed by atoms with Crippen LogP contribution in [0.4, 0.5) is 0 Å². The number of nitrogens with one attached hydrogen (secondary N) is 2. The van der Waals surface area contributed by atoms with Crippen molar-refractivity contribution in [3.8, 4) is 11.3 Å². The number of carbonyl (C=O) groups excluding carboxylic acids is 2. The van der Waals surface area contributed by atoms with Crippen LogP contribution in [0.2, 0.25) is 0 Å². The molecule has 244 valence electrons. The Bertz CT molecular complexity index is 1690. The molecule has 1 fully saturated rings. The number of benzene rings is 2. The Morgan fingerprint density at radius 1 is 1.02 bits per heavy atom. The first-order chi connectivity index (χ1) is 22.2. The summed E-state index contributed by atoms with van der Waals surface area (Å²) in [6.45, 7) is 7.04. The summed E-state index contributed by atoms with van der Waals surface area (Å²) in [6, 6.07) is 18.1. The summed E-state index contributed by atoms with van der Waals surface area (Å²) in [7, 11) is 1.80. The first kappa shape index (κ1) is 33.0. The molecule has 0 saturated carbocycles. The van der Waals surface area contributed by atoms with E-state index in [-0.39, 0.29) is 35.4 Å². The Morgan fingerprint density at radius 3 is 2.43 bits per heavy atom. The number of fused-ring (bicyclic) bond motifs is 1. The van der Waals surface area contributed by atoms with Crippen molar-refractivity contribution in [1.82, 2.24) is 34.9 Å². The summed E-state index contributed by atoms with van der Waals surface area (Å²) in [5, 5.41) is 22.2. The number of hydrogen-bond acceptors (Lipinski definition) is 7. The van der Waals surface area contributed by atoms with Gasteiger partial charge in [0, 0.05) is 51.6 Å². The van der Waals surface area contributed by atoms with Crippen LogP contribution in [0.25, 0.3) is 22.3 Å². The van der Waals surface area contributed by atoms with Gasteiger partial charge in [-0.15, -0.1) is 0 Å². The van der Waals surface area contributed by atoms with Gasteiger partial charge in [-0.2, -0.15) is 5.10 Å². The summed E-state index contributed by atoms with van der Waals surface area (Å²) in [5.41, 5.74) is 3.26. The Morgan fingerprint density at radius 2 is 1.74 bits per heavy atom. The zero-order valence-electron chi connectivity index (χ0n) is 27.0. The first-order valence-corrected chi connectivity index (χ1v) is 16.2. The quantitative estimate of drug-likeness (QED) is 0.194. The molecule has 46 heavy (non-hydrogen) atoms. The van der Waals surface area contributed by atoms with Gasteiger partial charge in [-0.3, -0.25) is 23.6 Å². The SMILES string of the molecule is CCC(=O)NCCCNCc1ccc(-c2c3ncn(CC4(O)CCN(C(=O)CC(C)c5ccccc5)CC4)c(=O)c3nn2C)cc1. The van der Waals surface area contributed by atoms with Gasteiger partial charge in [0.1, 0.15) is 5.52 Å². The number of hydrogen-bond donors (Lipinski definition) is 3. The third kappa shape index (κ3) is 7.89. The topological polar surface area (TPSA) is 134 Å². The van der Waals surface area contributed by atoms with E-state index in [1.807, 2.05) is 66.4 Å². The lowest BCUT2D eigenvalue weighted by Gasteiger charge is -2.38. The van der Waals surface area contributed by atoms with Crippen LogP contribution in [0, 0.1) is 0 Å². The molecule has 1 unspecified atom stereocenters. The van der Waals surface area contributed by atoms with Crippen molar-refractivity contribution in [1.29, 1.82) is 0 Å². The van der Waals surface area contributed by atoms with Crippen molar-refractivity contribution in [3.63, 3.8) is 0 Å². The molecule has 0 bridgehead atoms. The minimum absolute atomic E-state index is 0.0685. The highest BCUT2D eigenvalue weighted by Crippen LogP contribution is 2.28. The van der Waals surface area contributed by atoms with Gasteiger partial charge in [0.25, 0.3) is 5.56 Å². The zero-order chi connectivity index (χ0) is 32.7. The van der Waals surface area contributed by atoms with Crippen LogP contribution in [-0.2, 0) is 29.7 Å². The fraction of sp³-hybridized carbons (Fsp3) is 0.457. The van der Waals surface area contributed by atoms with Crippen molar-refractivity contribution >= 4 is 22.8 Å². The normalized spacial score (nSPS) is 15.2. The number of piperidine rings is 1. The molecule has 1 saturated heterocycles. The van der Waals surface area contributed by atoms with Gasteiger partial charge < -0.3 is 20.6 Å². The molecule has 2 aromatic carbocycles. The minimum atomic E-state index is -1.12. The first-order valence-electron chi connectivity index (χ1n) is 16.2. The maximum atomic E-state index is 13.5. The molecule has 0 aliphatic carbocycles. The smallest absolute Gasteiger partial charge is 0.281 e. The molecule has 11 heteroatoms. The van der Waals surface area contributed by atoms with E-state index >= 15 is 0 Å². The van der Waals surface area contributed by atoms with Crippen LogP contribution < -0.4 is 16.2 Å². The number of aromatic nitrogens is 4. The molecular formula is C35H45N7O4. The van der Waals surface area contributed by atoms with Gasteiger partial charge in [0.2, 0.25) is 11.8 Å². The molecule has 3 heterocycles. The van der Waals surface area contributed by atoms with E-state index in [9.17, 15) is 19.5 Å². The molecule has 2 amide bonds. The minimum Gasteiger partial charge on any atom is -0.388 e.